The highest BCUT2D eigenvalue weighted by Crippen LogP contribution is 2.21. The molecule has 2 rings (SSSR count). The van der Waals surface area contributed by atoms with E-state index in [1.165, 1.54) is 25.3 Å². The first kappa shape index (κ1) is 15.3. The third-order valence-electron chi connectivity index (χ3n) is 2.77. The molecule has 0 spiro atoms. The fraction of sp³-hybridized carbons (Fsp3) is 0.133. The molecule has 21 heavy (non-hydrogen) atoms. The number of hydrogen-bond donors (Lipinski definition) is 1. The van der Waals surface area contributed by atoms with Crippen molar-refractivity contribution in [2.45, 2.75) is 6.61 Å². The maximum atomic E-state index is 13.2. The van der Waals surface area contributed by atoms with Gasteiger partial charge in [0, 0.05) is 10.2 Å². The molecular weight excluding hydrogens is 341 g/mol. The lowest BCUT2D eigenvalue weighted by Gasteiger charge is -2.09. The zero-order chi connectivity index (χ0) is 15.4. The normalized spacial score (nSPS) is 10.2. The number of benzene rings is 2. The van der Waals surface area contributed by atoms with E-state index in [1.807, 2.05) is 0 Å². The highest BCUT2D eigenvalue weighted by atomic mass is 79.9. The van der Waals surface area contributed by atoms with E-state index in [0.29, 0.717) is 21.5 Å². The summed E-state index contributed by atoms with van der Waals surface area (Å²) in [7, 11) is 1.49. The third kappa shape index (κ3) is 3.95. The van der Waals surface area contributed by atoms with Gasteiger partial charge in [0.2, 0.25) is 0 Å². The van der Waals surface area contributed by atoms with Gasteiger partial charge >= 0.3 is 5.97 Å². The minimum absolute atomic E-state index is 0.0498. The quantitative estimate of drug-likeness (QED) is 0.674. The van der Waals surface area contributed by atoms with Crippen molar-refractivity contribution in [3.8, 4) is 5.75 Å². The van der Waals surface area contributed by atoms with E-state index < -0.39 is 11.8 Å². The number of carbonyl (C=O) groups excluding carboxylic acids is 1. The van der Waals surface area contributed by atoms with Crippen molar-refractivity contribution in [1.82, 2.24) is 0 Å². The molecule has 0 amide bonds. The Balaban J connectivity index is 2.11. The van der Waals surface area contributed by atoms with Gasteiger partial charge < -0.3 is 15.2 Å². The number of esters is 1. The maximum Gasteiger partial charge on any atom is 0.340 e. The Kier molecular flexibility index (Phi) is 4.80. The number of ether oxygens (including phenoxy) is 2. The molecular formula is C15H13BrFNO3. The first-order chi connectivity index (χ1) is 9.99. The zero-order valence-corrected chi connectivity index (χ0v) is 12.8. The van der Waals surface area contributed by atoms with Crippen LogP contribution in [0.2, 0.25) is 0 Å². The Labute approximate surface area is 129 Å². The van der Waals surface area contributed by atoms with Crippen molar-refractivity contribution in [3.63, 3.8) is 0 Å². The molecule has 2 aromatic rings. The average Bonchev–Trinajstić information content (AvgIpc) is 2.44. The molecule has 0 heterocycles. The van der Waals surface area contributed by atoms with Gasteiger partial charge in [0.1, 0.15) is 18.2 Å². The van der Waals surface area contributed by atoms with Crippen LogP contribution in [-0.2, 0) is 11.3 Å². The van der Waals surface area contributed by atoms with Crippen LogP contribution in [0.15, 0.2) is 40.9 Å². The minimum Gasteiger partial charge on any atom is -0.497 e. The smallest absolute Gasteiger partial charge is 0.340 e. The third-order valence-corrected chi connectivity index (χ3v) is 3.23. The van der Waals surface area contributed by atoms with Crippen LogP contribution < -0.4 is 10.5 Å². The standard InChI is InChI=1S/C15H13BrFNO3/c1-20-12-2-3-14(18)13(7-12)15(19)21-8-9-4-10(16)6-11(17)5-9/h2-7H,8,18H2,1H3. The summed E-state index contributed by atoms with van der Waals surface area (Å²) in [5.41, 5.74) is 6.78. The second-order valence-electron chi connectivity index (χ2n) is 4.31. The number of nitrogen functional groups attached to an aromatic ring is 1. The Bertz CT molecular complexity index is 656. The molecule has 0 saturated carbocycles. The van der Waals surface area contributed by atoms with E-state index >= 15 is 0 Å². The van der Waals surface area contributed by atoms with Gasteiger partial charge in [-0.25, -0.2) is 9.18 Å². The Morgan fingerprint density at radius 2 is 2.05 bits per heavy atom. The van der Waals surface area contributed by atoms with Crippen molar-refractivity contribution in [3.05, 3.63) is 57.8 Å². The molecule has 0 fully saturated rings. The number of anilines is 1. The zero-order valence-electron chi connectivity index (χ0n) is 11.2. The van der Waals surface area contributed by atoms with Crippen LogP contribution in [-0.4, -0.2) is 13.1 Å². The number of halogens is 2. The lowest BCUT2D eigenvalue weighted by atomic mass is 10.1. The van der Waals surface area contributed by atoms with E-state index in [0.717, 1.165) is 0 Å². The topological polar surface area (TPSA) is 61.5 Å². The summed E-state index contributed by atoms with van der Waals surface area (Å²) in [5, 5.41) is 0. The van der Waals surface area contributed by atoms with Gasteiger partial charge in [-0.3, -0.25) is 0 Å². The summed E-state index contributed by atoms with van der Waals surface area (Å²) in [6.45, 7) is -0.0498. The fourth-order valence-corrected chi connectivity index (χ4v) is 2.27. The van der Waals surface area contributed by atoms with Gasteiger partial charge in [-0.15, -0.1) is 0 Å². The van der Waals surface area contributed by atoms with Crippen molar-refractivity contribution in [2.75, 3.05) is 12.8 Å². The second kappa shape index (κ2) is 6.58. The van der Waals surface area contributed by atoms with Crippen LogP contribution in [0.25, 0.3) is 0 Å². The van der Waals surface area contributed by atoms with E-state index in [4.69, 9.17) is 15.2 Å². The largest absolute Gasteiger partial charge is 0.497 e. The monoisotopic (exact) mass is 353 g/mol. The molecule has 6 heteroatoms. The van der Waals surface area contributed by atoms with Crippen molar-refractivity contribution in [2.24, 2.45) is 0 Å². The molecule has 0 aliphatic heterocycles. The maximum absolute atomic E-state index is 13.2. The summed E-state index contributed by atoms with van der Waals surface area (Å²) in [5.74, 6) is -0.493. The molecule has 0 saturated heterocycles. The first-order valence-corrected chi connectivity index (χ1v) is 6.84. The van der Waals surface area contributed by atoms with Crippen LogP contribution in [0, 0.1) is 5.82 Å². The molecule has 0 aromatic heterocycles. The van der Waals surface area contributed by atoms with Gasteiger partial charge in [-0.05, 0) is 42.0 Å². The summed E-state index contributed by atoms with van der Waals surface area (Å²) < 4.78 is 24.0. The summed E-state index contributed by atoms with van der Waals surface area (Å²) >= 11 is 3.18. The van der Waals surface area contributed by atoms with Gasteiger partial charge in [0.05, 0.1) is 12.7 Å². The van der Waals surface area contributed by atoms with Crippen LogP contribution in [0.3, 0.4) is 0 Å². The highest BCUT2D eigenvalue weighted by Gasteiger charge is 2.13. The van der Waals surface area contributed by atoms with E-state index in [1.54, 1.807) is 18.2 Å². The number of nitrogens with two attached hydrogens (primary N) is 1. The minimum atomic E-state index is -0.591. The number of methoxy groups -OCH3 is 1. The second-order valence-corrected chi connectivity index (χ2v) is 5.22. The van der Waals surface area contributed by atoms with Gasteiger partial charge in [0.25, 0.3) is 0 Å². The molecule has 2 aromatic carbocycles. The lowest BCUT2D eigenvalue weighted by Crippen LogP contribution is -2.08. The predicted octanol–water partition coefficient (Wildman–Crippen LogP) is 3.54. The average molecular weight is 354 g/mol. The van der Waals surface area contributed by atoms with Crippen molar-refractivity contribution >= 4 is 27.6 Å². The summed E-state index contributed by atoms with van der Waals surface area (Å²) in [6.07, 6.45) is 0. The lowest BCUT2D eigenvalue weighted by molar-refractivity contribution is 0.0473. The van der Waals surface area contributed by atoms with Gasteiger partial charge in [-0.2, -0.15) is 0 Å². The number of rotatable bonds is 4. The summed E-state index contributed by atoms with van der Waals surface area (Å²) in [4.78, 5) is 12.0. The van der Waals surface area contributed by atoms with Gasteiger partial charge in [0.15, 0.2) is 0 Å². The van der Waals surface area contributed by atoms with E-state index in [9.17, 15) is 9.18 Å². The predicted molar refractivity (Wildman–Crippen MR) is 80.6 cm³/mol. The first-order valence-electron chi connectivity index (χ1n) is 6.05. The molecule has 0 atom stereocenters. The Hall–Kier alpha value is -2.08. The molecule has 0 radical (unpaired) electrons. The fourth-order valence-electron chi connectivity index (χ4n) is 1.76. The van der Waals surface area contributed by atoms with Crippen molar-refractivity contribution < 1.29 is 18.7 Å². The molecule has 110 valence electrons. The van der Waals surface area contributed by atoms with Crippen LogP contribution in [0.1, 0.15) is 15.9 Å². The van der Waals surface area contributed by atoms with Crippen molar-refractivity contribution in [1.29, 1.82) is 0 Å². The Morgan fingerprint density at radius 1 is 1.29 bits per heavy atom. The number of hydrogen-bond acceptors (Lipinski definition) is 4. The number of carbonyl (C=O) groups is 1. The van der Waals surface area contributed by atoms with Crippen LogP contribution >= 0.6 is 15.9 Å². The molecule has 0 aliphatic carbocycles. The molecule has 0 bridgehead atoms. The summed E-state index contributed by atoms with van der Waals surface area (Å²) in [6, 6.07) is 9.01. The molecule has 0 unspecified atom stereocenters. The Morgan fingerprint density at radius 3 is 2.71 bits per heavy atom. The molecule has 4 nitrogen and oxygen atoms in total. The van der Waals surface area contributed by atoms with Crippen LogP contribution in [0.5, 0.6) is 5.75 Å². The van der Waals surface area contributed by atoms with E-state index in [2.05, 4.69) is 15.9 Å². The van der Waals surface area contributed by atoms with Crippen LogP contribution in [0.4, 0.5) is 10.1 Å². The van der Waals surface area contributed by atoms with Gasteiger partial charge in [-0.1, -0.05) is 15.9 Å². The van der Waals surface area contributed by atoms with E-state index in [-0.39, 0.29) is 12.2 Å². The molecule has 0 aliphatic rings. The SMILES string of the molecule is COc1ccc(N)c(C(=O)OCc2cc(F)cc(Br)c2)c1. The highest BCUT2D eigenvalue weighted by molar-refractivity contribution is 9.10. The molecule has 2 N–H and O–H groups in total.